The van der Waals surface area contributed by atoms with E-state index >= 15 is 0 Å². The molecule has 0 N–H and O–H groups in total. The molecule has 0 saturated heterocycles. The van der Waals surface area contributed by atoms with Crippen molar-refractivity contribution in [1.82, 2.24) is 0 Å². The van der Waals surface area contributed by atoms with E-state index in [1.54, 1.807) is 6.92 Å². The molecule has 0 heterocycles. The average molecular weight is 388 g/mol. The predicted molar refractivity (Wildman–Crippen MR) is 91.0 cm³/mol. The summed E-state index contributed by atoms with van der Waals surface area (Å²) in [5.74, 6) is -6.33. The third-order valence-corrected chi connectivity index (χ3v) is 3.94. The highest BCUT2D eigenvalue weighted by Gasteiger charge is 2.21. The summed E-state index contributed by atoms with van der Waals surface area (Å²) in [4.78, 5) is 0. The molecule has 0 aliphatic carbocycles. The van der Waals surface area contributed by atoms with Crippen LogP contribution in [0.4, 0.5) is 26.3 Å². The maximum atomic E-state index is 14.4. The summed E-state index contributed by atoms with van der Waals surface area (Å²) in [6.07, 6.45) is 1.56. The van der Waals surface area contributed by atoms with Crippen molar-refractivity contribution in [3.8, 4) is 16.9 Å². The number of hydrogen-bond acceptors (Lipinski definition) is 1. The molecule has 0 bridgehead atoms. The Morgan fingerprint density at radius 1 is 0.926 bits per heavy atom. The fourth-order valence-corrected chi connectivity index (χ4v) is 2.60. The number of ether oxygens (including phenoxy) is 1. The highest BCUT2D eigenvalue weighted by atomic mass is 19.2. The summed E-state index contributed by atoms with van der Waals surface area (Å²) in [5.41, 5.74) is -0.831. The molecule has 0 spiro atoms. The van der Waals surface area contributed by atoms with Gasteiger partial charge >= 0.3 is 0 Å². The molecule has 0 aromatic heterocycles. The summed E-state index contributed by atoms with van der Waals surface area (Å²) in [7, 11) is 0. The van der Waals surface area contributed by atoms with Crippen LogP contribution < -0.4 is 4.74 Å². The smallest absolute Gasteiger partial charge is 0.201 e. The SMILES string of the molecule is CCOc1ccc(-c2ccc(CCC/C=C(\F)CF)c(F)c2F)c(F)c1F. The zero-order chi connectivity index (χ0) is 20.0. The van der Waals surface area contributed by atoms with Crippen molar-refractivity contribution in [2.24, 2.45) is 0 Å². The molecule has 7 heteroatoms. The molecule has 27 heavy (non-hydrogen) atoms. The molecule has 146 valence electrons. The largest absolute Gasteiger partial charge is 0.491 e. The van der Waals surface area contributed by atoms with Gasteiger partial charge in [0.25, 0.3) is 0 Å². The van der Waals surface area contributed by atoms with Gasteiger partial charge in [-0.05, 0) is 43.9 Å². The Bertz CT molecular complexity index is 832. The summed E-state index contributed by atoms with van der Waals surface area (Å²) < 4.78 is 86.4. The van der Waals surface area contributed by atoms with E-state index in [0.29, 0.717) is 0 Å². The van der Waals surface area contributed by atoms with Crippen LogP contribution in [0.5, 0.6) is 5.75 Å². The quantitative estimate of drug-likeness (QED) is 0.373. The van der Waals surface area contributed by atoms with Crippen LogP contribution in [0.15, 0.2) is 36.2 Å². The van der Waals surface area contributed by atoms with Crippen LogP contribution in [0.1, 0.15) is 25.3 Å². The number of benzene rings is 2. The van der Waals surface area contributed by atoms with Crippen LogP contribution in [-0.2, 0) is 6.42 Å². The summed E-state index contributed by atoms with van der Waals surface area (Å²) in [6.45, 7) is 0.514. The van der Waals surface area contributed by atoms with Gasteiger partial charge in [0.1, 0.15) is 12.5 Å². The predicted octanol–water partition coefficient (Wildman–Crippen LogP) is 6.45. The maximum Gasteiger partial charge on any atom is 0.201 e. The normalized spacial score (nSPS) is 11.7. The number of halogens is 6. The topological polar surface area (TPSA) is 9.23 Å². The second kappa shape index (κ2) is 9.48. The van der Waals surface area contributed by atoms with E-state index < -0.39 is 46.9 Å². The van der Waals surface area contributed by atoms with E-state index in [1.807, 2.05) is 0 Å². The first-order chi connectivity index (χ1) is 12.9. The zero-order valence-electron chi connectivity index (χ0n) is 14.6. The van der Waals surface area contributed by atoms with E-state index in [1.165, 1.54) is 6.07 Å². The first-order valence-corrected chi connectivity index (χ1v) is 8.39. The molecule has 2 aromatic rings. The third kappa shape index (κ3) is 4.84. The lowest BCUT2D eigenvalue weighted by atomic mass is 9.99. The molecule has 0 aliphatic heterocycles. The number of allylic oxidation sites excluding steroid dienone is 2. The molecule has 0 radical (unpaired) electrons. The van der Waals surface area contributed by atoms with Crippen molar-refractivity contribution in [3.05, 3.63) is 65.0 Å². The molecule has 2 rings (SSSR count). The Morgan fingerprint density at radius 3 is 2.19 bits per heavy atom. The van der Waals surface area contributed by atoms with Gasteiger partial charge in [-0.15, -0.1) is 0 Å². The van der Waals surface area contributed by atoms with Crippen molar-refractivity contribution in [2.75, 3.05) is 13.3 Å². The lowest BCUT2D eigenvalue weighted by Crippen LogP contribution is -2.01. The first kappa shape index (κ1) is 20.9. The molecule has 0 atom stereocenters. The van der Waals surface area contributed by atoms with E-state index in [4.69, 9.17) is 4.74 Å². The fourth-order valence-electron chi connectivity index (χ4n) is 2.60. The maximum absolute atomic E-state index is 14.4. The number of unbranched alkanes of at least 4 members (excludes halogenated alkanes) is 1. The Morgan fingerprint density at radius 2 is 1.56 bits per heavy atom. The molecule has 0 amide bonds. The minimum Gasteiger partial charge on any atom is -0.491 e. The van der Waals surface area contributed by atoms with Gasteiger partial charge in [-0.3, -0.25) is 0 Å². The molecular weight excluding hydrogens is 370 g/mol. The molecule has 0 aliphatic rings. The van der Waals surface area contributed by atoms with Gasteiger partial charge in [-0.25, -0.2) is 22.0 Å². The second-order valence-corrected chi connectivity index (χ2v) is 5.75. The van der Waals surface area contributed by atoms with Gasteiger partial charge in [0, 0.05) is 11.1 Å². The minimum absolute atomic E-state index is 0.0112. The zero-order valence-corrected chi connectivity index (χ0v) is 14.6. The van der Waals surface area contributed by atoms with Crippen LogP contribution in [0.25, 0.3) is 11.1 Å². The van der Waals surface area contributed by atoms with Gasteiger partial charge in [0.15, 0.2) is 23.2 Å². The van der Waals surface area contributed by atoms with Gasteiger partial charge in [-0.1, -0.05) is 18.2 Å². The third-order valence-electron chi connectivity index (χ3n) is 3.94. The molecule has 0 saturated carbocycles. The van der Waals surface area contributed by atoms with Crippen LogP contribution in [0, 0.1) is 23.3 Å². The van der Waals surface area contributed by atoms with Crippen molar-refractivity contribution in [3.63, 3.8) is 0 Å². The van der Waals surface area contributed by atoms with Gasteiger partial charge in [-0.2, -0.15) is 4.39 Å². The summed E-state index contributed by atoms with van der Waals surface area (Å²) in [5, 5.41) is 0. The van der Waals surface area contributed by atoms with E-state index in [2.05, 4.69) is 0 Å². The minimum atomic E-state index is -1.33. The van der Waals surface area contributed by atoms with E-state index in [9.17, 15) is 26.3 Å². The Kier molecular flexibility index (Phi) is 7.33. The second-order valence-electron chi connectivity index (χ2n) is 5.75. The van der Waals surface area contributed by atoms with Crippen molar-refractivity contribution < 1.29 is 31.1 Å². The molecule has 2 aromatic carbocycles. The van der Waals surface area contributed by atoms with Gasteiger partial charge in [0.2, 0.25) is 5.82 Å². The van der Waals surface area contributed by atoms with E-state index in [0.717, 1.165) is 24.3 Å². The molecular formula is C20H18F6O. The van der Waals surface area contributed by atoms with Crippen LogP contribution >= 0.6 is 0 Å². The monoisotopic (exact) mass is 388 g/mol. The molecule has 0 unspecified atom stereocenters. The van der Waals surface area contributed by atoms with Gasteiger partial charge in [0.05, 0.1) is 6.61 Å². The van der Waals surface area contributed by atoms with Crippen LogP contribution in [-0.4, -0.2) is 13.3 Å². The highest BCUT2D eigenvalue weighted by Crippen LogP contribution is 2.33. The fraction of sp³-hybridized carbons (Fsp3) is 0.300. The number of hydrogen-bond donors (Lipinski definition) is 0. The van der Waals surface area contributed by atoms with Crippen molar-refractivity contribution in [2.45, 2.75) is 26.2 Å². The number of rotatable bonds is 8. The standard InChI is InChI=1S/C20H18F6O/c1-2-27-16-10-9-15(19(25)20(16)26)14-8-7-12(17(23)18(14)24)5-3-4-6-13(22)11-21/h6-10H,2-5,11H2,1H3/b13-6-. The molecule has 1 nitrogen and oxygen atoms in total. The lowest BCUT2D eigenvalue weighted by molar-refractivity contribution is 0.314. The van der Waals surface area contributed by atoms with Crippen molar-refractivity contribution in [1.29, 1.82) is 0 Å². The number of alkyl halides is 1. The van der Waals surface area contributed by atoms with Crippen molar-refractivity contribution >= 4 is 0 Å². The number of aryl methyl sites for hydroxylation is 1. The Hall–Kier alpha value is -2.44. The van der Waals surface area contributed by atoms with Crippen LogP contribution in [0.2, 0.25) is 0 Å². The van der Waals surface area contributed by atoms with Crippen LogP contribution in [0.3, 0.4) is 0 Å². The van der Waals surface area contributed by atoms with E-state index in [-0.39, 0.29) is 37.2 Å². The van der Waals surface area contributed by atoms with Gasteiger partial charge < -0.3 is 4.74 Å². The first-order valence-electron chi connectivity index (χ1n) is 8.39. The lowest BCUT2D eigenvalue weighted by Gasteiger charge is -2.12. The Labute approximate surface area is 153 Å². The highest BCUT2D eigenvalue weighted by molar-refractivity contribution is 5.66. The molecule has 0 fully saturated rings. The Balaban J connectivity index is 2.26. The average Bonchev–Trinajstić information content (AvgIpc) is 2.66. The summed E-state index contributed by atoms with van der Waals surface area (Å²) in [6, 6.07) is 4.68. The summed E-state index contributed by atoms with van der Waals surface area (Å²) >= 11 is 0.